The van der Waals surface area contributed by atoms with E-state index < -0.39 is 29.6 Å². The zero-order chi connectivity index (χ0) is 42.8. The molecule has 0 aliphatic rings. The van der Waals surface area contributed by atoms with Gasteiger partial charge in [0.25, 0.3) is 0 Å². The Balaban J connectivity index is 0. The van der Waals surface area contributed by atoms with Gasteiger partial charge >= 0.3 is 25.3 Å². The average molecular weight is 856 g/mol. The first-order chi connectivity index (χ1) is 26.3. The molecule has 2 unspecified atom stereocenters. The van der Waals surface area contributed by atoms with Crippen molar-refractivity contribution in [2.45, 2.75) is 186 Å². The van der Waals surface area contributed by atoms with Crippen LogP contribution in [-0.4, -0.2) is 95.1 Å². The summed E-state index contributed by atoms with van der Waals surface area (Å²) in [6.45, 7) is 6.70. The Hall–Kier alpha value is -1.29. The van der Waals surface area contributed by atoms with Crippen LogP contribution in [0.1, 0.15) is 175 Å². The number of alkyl halides is 3. The third-order valence-electron chi connectivity index (χ3n) is 8.70. The number of nitrogens with zero attached hydrogens (tertiary/aromatic N) is 1. The van der Waals surface area contributed by atoms with E-state index in [1.165, 1.54) is 103 Å². The molecule has 0 fully saturated rings. The van der Waals surface area contributed by atoms with Crippen molar-refractivity contribution in [2.24, 2.45) is 0 Å². The second kappa shape index (κ2) is 34.6. The normalized spacial score (nSPS) is 13.8. The minimum atomic E-state index is -6.09. The number of phosphoric acid groups is 1. The largest absolute Gasteiger partial charge is 0.741 e. The van der Waals surface area contributed by atoms with Crippen molar-refractivity contribution in [3.05, 3.63) is 0 Å². The molecule has 17 heteroatoms. The van der Waals surface area contributed by atoms with Crippen LogP contribution in [0.15, 0.2) is 0 Å². The summed E-state index contributed by atoms with van der Waals surface area (Å²) in [5.41, 5.74) is -5.65. The number of unbranched alkanes of at least 4 members (excludes halogenated alkanes) is 20. The van der Waals surface area contributed by atoms with Crippen LogP contribution in [-0.2, 0) is 47.3 Å². The maximum absolute atomic E-state index is 13.2. The number of likely N-dealkylation sites (N-methyl/N-ethyl adjacent to an activating group) is 1. The molecule has 0 aliphatic carbocycles. The smallest absolute Gasteiger partial charge is 0.485 e. The first-order valence-corrected chi connectivity index (χ1v) is 23.9. The van der Waals surface area contributed by atoms with E-state index in [0.717, 1.165) is 38.5 Å². The van der Waals surface area contributed by atoms with Gasteiger partial charge in [0.05, 0.1) is 34.4 Å². The number of ether oxygens (including phenoxy) is 2. The zero-order valence-electron chi connectivity index (χ0n) is 35.5. The van der Waals surface area contributed by atoms with E-state index in [4.69, 9.17) is 36.0 Å². The number of hydrogen-bond acceptors (Lipinski definition) is 11. The molecule has 0 rings (SSSR count). The molecule has 12 nitrogen and oxygen atoms in total. The number of carbonyl (C=O) groups excluding carboxylic acids is 2. The minimum absolute atomic E-state index is 0.138. The van der Waals surface area contributed by atoms with Crippen molar-refractivity contribution in [3.63, 3.8) is 0 Å². The fourth-order valence-electron chi connectivity index (χ4n) is 5.36. The lowest BCUT2D eigenvalue weighted by Crippen LogP contribution is -2.37. The molecule has 56 heavy (non-hydrogen) atoms. The Bertz CT molecular complexity index is 1120. The Morgan fingerprint density at radius 2 is 1.00 bits per heavy atom. The molecule has 0 saturated heterocycles. The Labute approximate surface area is 337 Å². The van der Waals surface area contributed by atoms with Crippen LogP contribution in [0.4, 0.5) is 13.2 Å². The van der Waals surface area contributed by atoms with Crippen LogP contribution in [0.5, 0.6) is 0 Å². The standard InChI is InChI=1S/C38H77NO8P.CHF3O3S/c1-7-10-12-14-16-18-20-22-24-26-28-30-37(40)43-34-36(35-46-48(42,44-9-3)45-33-32-39(4,5)6)47-38(41)31-29-27-25-23-21-19-17-15-13-11-8-2;2-1(3,4)8(5,6)7/h36H,7-35H2,1-6H3;(H,5,6,7)/q+1;/p-1. The van der Waals surface area contributed by atoms with E-state index in [1.54, 1.807) is 6.92 Å². The molecule has 0 radical (unpaired) electrons. The summed E-state index contributed by atoms with van der Waals surface area (Å²) in [4.78, 5) is 25.2. The van der Waals surface area contributed by atoms with Gasteiger partial charge in [0.1, 0.15) is 19.8 Å². The van der Waals surface area contributed by atoms with Crippen LogP contribution >= 0.6 is 7.82 Å². The van der Waals surface area contributed by atoms with Crippen LogP contribution in [0.2, 0.25) is 0 Å². The van der Waals surface area contributed by atoms with Crippen LogP contribution in [0, 0.1) is 0 Å². The highest BCUT2D eigenvalue weighted by atomic mass is 32.2. The van der Waals surface area contributed by atoms with Gasteiger partial charge < -0.3 is 18.5 Å². The average Bonchev–Trinajstić information content (AvgIpc) is 3.09. The van der Waals surface area contributed by atoms with Crippen molar-refractivity contribution in [3.8, 4) is 0 Å². The monoisotopic (exact) mass is 855 g/mol. The maximum atomic E-state index is 13.2. The predicted molar refractivity (Wildman–Crippen MR) is 213 cm³/mol. The van der Waals surface area contributed by atoms with E-state index in [-0.39, 0.29) is 44.8 Å². The highest BCUT2D eigenvalue weighted by Crippen LogP contribution is 2.49. The third-order valence-corrected chi connectivity index (χ3v) is 10.8. The number of quaternary nitrogens is 1. The Morgan fingerprint density at radius 3 is 1.36 bits per heavy atom. The molecule has 2 atom stereocenters. The van der Waals surface area contributed by atoms with Crippen LogP contribution in [0.3, 0.4) is 0 Å². The topological polar surface area (TPSA) is 155 Å². The molecule has 0 aliphatic heterocycles. The van der Waals surface area contributed by atoms with Crippen LogP contribution in [0.25, 0.3) is 0 Å². The van der Waals surface area contributed by atoms with E-state index in [2.05, 4.69) is 13.8 Å². The maximum Gasteiger partial charge on any atom is 0.485 e. The quantitative estimate of drug-likeness (QED) is 0.0148. The number of carbonyl (C=O) groups is 2. The van der Waals surface area contributed by atoms with Crippen molar-refractivity contribution >= 4 is 29.9 Å². The predicted octanol–water partition coefficient (Wildman–Crippen LogP) is 10.8. The second-order valence-electron chi connectivity index (χ2n) is 15.3. The lowest BCUT2D eigenvalue weighted by molar-refractivity contribution is -0.870. The van der Waals surface area contributed by atoms with E-state index >= 15 is 0 Å². The second-order valence-corrected chi connectivity index (χ2v) is 18.3. The van der Waals surface area contributed by atoms with Gasteiger partial charge in [0, 0.05) is 12.8 Å². The molecule has 0 aromatic carbocycles. The summed E-state index contributed by atoms with van der Waals surface area (Å²) in [5, 5.41) is 0. The summed E-state index contributed by atoms with van der Waals surface area (Å²) in [6, 6.07) is 0. The molecule has 0 N–H and O–H groups in total. The van der Waals surface area contributed by atoms with Gasteiger partial charge in [-0.2, -0.15) is 13.2 Å². The molecular weight excluding hydrogens is 778 g/mol. The summed E-state index contributed by atoms with van der Waals surface area (Å²) in [5.74, 6) is -0.706. The fraction of sp³-hybridized carbons (Fsp3) is 0.949. The lowest BCUT2D eigenvalue weighted by Gasteiger charge is -2.25. The van der Waals surface area contributed by atoms with E-state index in [0.29, 0.717) is 17.4 Å². The molecule has 0 bridgehead atoms. The van der Waals surface area contributed by atoms with Gasteiger partial charge in [-0.1, -0.05) is 142 Å². The first kappa shape index (κ1) is 56.8. The van der Waals surface area contributed by atoms with Gasteiger partial charge in [-0.15, -0.1) is 0 Å². The van der Waals surface area contributed by atoms with Crippen molar-refractivity contribution in [1.82, 2.24) is 0 Å². The van der Waals surface area contributed by atoms with E-state index in [1.807, 2.05) is 21.1 Å². The number of esters is 2. The summed E-state index contributed by atoms with van der Waals surface area (Å²) in [6.07, 6.45) is 26.1. The number of rotatable bonds is 36. The van der Waals surface area contributed by atoms with Gasteiger partial charge in [0.2, 0.25) is 0 Å². The number of halogens is 3. The molecule has 0 aromatic heterocycles. The third kappa shape index (κ3) is 38.2. The van der Waals surface area contributed by atoms with E-state index in [9.17, 15) is 27.3 Å². The van der Waals surface area contributed by atoms with Crippen molar-refractivity contribution < 1.29 is 67.8 Å². The molecule has 0 saturated carbocycles. The zero-order valence-corrected chi connectivity index (χ0v) is 37.2. The Kier molecular flexibility index (Phi) is 35.1. The molecule has 0 heterocycles. The molecule has 0 spiro atoms. The Morgan fingerprint density at radius 1 is 0.625 bits per heavy atom. The SMILES string of the molecule is CCCCCCCCCCCCCC(=O)OCC(COP(=O)(OCC)OCC[N+](C)(C)C)OC(=O)CCCCCCCCCCCCC.O=S(=O)([O-])C(F)(F)F. The molecule has 0 aromatic rings. The summed E-state index contributed by atoms with van der Waals surface area (Å²) < 4.78 is 100. The highest BCUT2D eigenvalue weighted by molar-refractivity contribution is 7.86. The van der Waals surface area contributed by atoms with Gasteiger partial charge in [-0.05, 0) is 19.8 Å². The first-order valence-electron chi connectivity index (χ1n) is 21.0. The molecule has 0 amide bonds. The summed E-state index contributed by atoms with van der Waals surface area (Å²) in [7, 11) is -3.95. The molecule has 336 valence electrons. The number of phosphoric ester groups is 1. The summed E-state index contributed by atoms with van der Waals surface area (Å²) >= 11 is 0. The van der Waals surface area contributed by atoms with Gasteiger partial charge in [-0.3, -0.25) is 23.2 Å². The van der Waals surface area contributed by atoms with Gasteiger partial charge in [0.15, 0.2) is 16.2 Å². The van der Waals surface area contributed by atoms with Crippen LogP contribution < -0.4 is 0 Å². The van der Waals surface area contributed by atoms with Crippen molar-refractivity contribution in [1.29, 1.82) is 0 Å². The highest BCUT2D eigenvalue weighted by Gasteiger charge is 2.37. The minimum Gasteiger partial charge on any atom is -0.741 e. The van der Waals surface area contributed by atoms with Crippen molar-refractivity contribution in [2.75, 3.05) is 54.1 Å². The molecular formula is C39H77F3NO11PS. The number of hydrogen-bond donors (Lipinski definition) is 0. The fourth-order valence-corrected chi connectivity index (χ4v) is 6.55. The lowest BCUT2D eigenvalue weighted by atomic mass is 10.1. The van der Waals surface area contributed by atoms with Gasteiger partial charge in [-0.25, -0.2) is 13.0 Å².